The molecule has 0 radical (unpaired) electrons. The molecular weight excluding hydrogens is 234 g/mol. The van der Waals surface area contributed by atoms with E-state index in [1.807, 2.05) is 6.92 Å². The number of rotatable bonds is 3. The molecule has 0 bridgehead atoms. The molecule has 17 heavy (non-hydrogen) atoms. The summed E-state index contributed by atoms with van der Waals surface area (Å²) in [6.07, 6.45) is 5.57. The lowest BCUT2D eigenvalue weighted by atomic mass is 9.84. The summed E-state index contributed by atoms with van der Waals surface area (Å²) in [4.78, 5) is 0. The number of nitrogens with two attached hydrogens (primary N) is 1. The van der Waals surface area contributed by atoms with Crippen molar-refractivity contribution in [3.63, 3.8) is 0 Å². The highest BCUT2D eigenvalue weighted by molar-refractivity contribution is 7.86. The average Bonchev–Trinajstić information content (AvgIpc) is 2.75. The summed E-state index contributed by atoms with van der Waals surface area (Å²) in [5.74, 6) is 0.723. The lowest BCUT2D eigenvalue weighted by molar-refractivity contribution is 0.126. The van der Waals surface area contributed by atoms with Crippen molar-refractivity contribution < 1.29 is 8.95 Å². The van der Waals surface area contributed by atoms with Gasteiger partial charge < -0.3 is 10.5 Å². The van der Waals surface area contributed by atoms with Crippen LogP contribution in [-0.2, 0) is 15.5 Å². The summed E-state index contributed by atoms with van der Waals surface area (Å²) in [6.45, 7) is 5.03. The molecule has 0 aromatic heterocycles. The van der Waals surface area contributed by atoms with Gasteiger partial charge in [-0.05, 0) is 38.5 Å². The largest absolute Gasteiger partial charge is 0.377 e. The summed E-state index contributed by atoms with van der Waals surface area (Å²) in [5.41, 5.74) is 6.18. The summed E-state index contributed by atoms with van der Waals surface area (Å²) < 4.78 is 18.2. The predicted octanol–water partition coefficient (Wildman–Crippen LogP) is 1.82. The second-order valence-electron chi connectivity index (χ2n) is 5.52. The van der Waals surface area contributed by atoms with Gasteiger partial charge >= 0.3 is 0 Å². The van der Waals surface area contributed by atoms with Gasteiger partial charge in [0, 0.05) is 23.4 Å². The molecule has 1 saturated carbocycles. The maximum atomic E-state index is 12.6. The Bertz CT molecular complexity index is 285. The Balaban J connectivity index is 2.01. The van der Waals surface area contributed by atoms with E-state index in [1.54, 1.807) is 0 Å². The maximum absolute atomic E-state index is 12.6. The van der Waals surface area contributed by atoms with Gasteiger partial charge in [0.15, 0.2) is 0 Å². The molecule has 1 aliphatic heterocycles. The zero-order chi connectivity index (χ0) is 12.4. The van der Waals surface area contributed by atoms with Crippen LogP contribution in [0.25, 0.3) is 0 Å². The first-order valence-electron chi connectivity index (χ1n) is 6.90. The standard InChI is InChI=1S/C13H25NO2S/c1-3-10-4-5-11(14)13(8-10)17(15)12-6-7-16-9(12)2/h9-13H,3-8,14H2,1-2H3. The molecule has 6 atom stereocenters. The van der Waals surface area contributed by atoms with Crippen molar-refractivity contribution >= 4 is 10.8 Å². The third kappa shape index (κ3) is 2.91. The Kier molecular flexibility index (Phi) is 4.61. The number of hydrogen-bond acceptors (Lipinski definition) is 3. The van der Waals surface area contributed by atoms with Gasteiger partial charge in [0.1, 0.15) is 0 Å². The molecule has 3 nitrogen and oxygen atoms in total. The molecule has 0 spiro atoms. The van der Waals surface area contributed by atoms with E-state index in [4.69, 9.17) is 10.5 Å². The molecule has 2 N–H and O–H groups in total. The van der Waals surface area contributed by atoms with E-state index in [0.717, 1.165) is 31.8 Å². The molecule has 1 saturated heterocycles. The van der Waals surface area contributed by atoms with Gasteiger partial charge in [-0.2, -0.15) is 0 Å². The Morgan fingerprint density at radius 3 is 2.65 bits per heavy atom. The molecule has 2 rings (SSSR count). The van der Waals surface area contributed by atoms with Gasteiger partial charge in [-0.1, -0.05) is 13.3 Å². The predicted molar refractivity (Wildman–Crippen MR) is 71.4 cm³/mol. The van der Waals surface area contributed by atoms with Crippen molar-refractivity contribution in [2.24, 2.45) is 11.7 Å². The second-order valence-corrected chi connectivity index (χ2v) is 7.39. The minimum absolute atomic E-state index is 0.131. The summed E-state index contributed by atoms with van der Waals surface area (Å²) in [5, 5.41) is 0.407. The quantitative estimate of drug-likeness (QED) is 0.841. The first-order valence-corrected chi connectivity index (χ1v) is 8.17. The van der Waals surface area contributed by atoms with Crippen LogP contribution in [0.15, 0.2) is 0 Å². The van der Waals surface area contributed by atoms with Crippen molar-refractivity contribution in [2.75, 3.05) is 6.61 Å². The van der Waals surface area contributed by atoms with E-state index in [2.05, 4.69) is 6.92 Å². The Morgan fingerprint density at radius 2 is 2.06 bits per heavy atom. The van der Waals surface area contributed by atoms with Crippen molar-refractivity contribution in [1.82, 2.24) is 0 Å². The Morgan fingerprint density at radius 1 is 1.29 bits per heavy atom. The van der Waals surface area contributed by atoms with Crippen molar-refractivity contribution in [1.29, 1.82) is 0 Å². The number of hydrogen-bond donors (Lipinski definition) is 1. The molecule has 1 aliphatic carbocycles. The van der Waals surface area contributed by atoms with E-state index in [1.165, 1.54) is 12.8 Å². The highest BCUT2D eigenvalue weighted by Crippen LogP contribution is 2.32. The molecule has 6 unspecified atom stereocenters. The third-order valence-corrected chi connectivity index (χ3v) is 6.79. The van der Waals surface area contributed by atoms with Crippen LogP contribution in [0.3, 0.4) is 0 Å². The van der Waals surface area contributed by atoms with Gasteiger partial charge in [0.2, 0.25) is 0 Å². The van der Waals surface area contributed by atoms with Gasteiger partial charge in [-0.15, -0.1) is 0 Å². The normalized spacial score (nSPS) is 44.8. The average molecular weight is 259 g/mol. The molecule has 0 aromatic rings. The summed E-state index contributed by atoms with van der Waals surface area (Å²) in [6, 6.07) is 0.131. The molecule has 100 valence electrons. The Hall–Kier alpha value is 0.0700. The van der Waals surface area contributed by atoms with E-state index in [-0.39, 0.29) is 22.6 Å². The van der Waals surface area contributed by atoms with Crippen LogP contribution in [-0.4, -0.2) is 33.5 Å². The minimum atomic E-state index is -0.814. The summed E-state index contributed by atoms with van der Waals surface area (Å²) in [7, 11) is -0.814. The van der Waals surface area contributed by atoms with Crippen LogP contribution < -0.4 is 5.73 Å². The van der Waals surface area contributed by atoms with E-state index in [9.17, 15) is 4.21 Å². The van der Waals surface area contributed by atoms with Crippen molar-refractivity contribution in [3.8, 4) is 0 Å². The van der Waals surface area contributed by atoms with Crippen LogP contribution >= 0.6 is 0 Å². The van der Waals surface area contributed by atoms with Crippen molar-refractivity contribution in [2.45, 2.75) is 68.6 Å². The van der Waals surface area contributed by atoms with Crippen LogP contribution in [0.1, 0.15) is 46.0 Å². The fourth-order valence-electron chi connectivity index (χ4n) is 3.11. The van der Waals surface area contributed by atoms with Crippen LogP contribution in [0, 0.1) is 5.92 Å². The van der Waals surface area contributed by atoms with E-state index in [0.29, 0.717) is 0 Å². The minimum Gasteiger partial charge on any atom is -0.377 e. The van der Waals surface area contributed by atoms with Gasteiger partial charge in [0.05, 0.1) is 16.6 Å². The topological polar surface area (TPSA) is 52.3 Å². The van der Waals surface area contributed by atoms with Gasteiger partial charge in [0.25, 0.3) is 0 Å². The smallest absolute Gasteiger partial charge is 0.0691 e. The number of ether oxygens (including phenoxy) is 1. The highest BCUT2D eigenvalue weighted by Gasteiger charge is 2.38. The van der Waals surface area contributed by atoms with Crippen molar-refractivity contribution in [3.05, 3.63) is 0 Å². The maximum Gasteiger partial charge on any atom is 0.0691 e. The third-order valence-electron chi connectivity index (χ3n) is 4.43. The molecule has 1 heterocycles. The lowest BCUT2D eigenvalue weighted by Crippen LogP contribution is -2.46. The molecule has 4 heteroatoms. The lowest BCUT2D eigenvalue weighted by Gasteiger charge is -2.35. The Labute approximate surface area is 107 Å². The fourth-order valence-corrected chi connectivity index (χ4v) is 5.29. The van der Waals surface area contributed by atoms with Gasteiger partial charge in [-0.25, -0.2) is 0 Å². The molecular formula is C13H25NO2S. The zero-order valence-corrected chi connectivity index (χ0v) is 11.7. The molecule has 2 fully saturated rings. The molecule has 0 amide bonds. The van der Waals surface area contributed by atoms with Crippen LogP contribution in [0.2, 0.25) is 0 Å². The first kappa shape index (κ1) is 13.5. The molecule has 2 aliphatic rings. The zero-order valence-electron chi connectivity index (χ0n) is 10.9. The highest BCUT2D eigenvalue weighted by atomic mass is 32.2. The monoisotopic (exact) mass is 259 g/mol. The fraction of sp³-hybridized carbons (Fsp3) is 1.00. The summed E-state index contributed by atoms with van der Waals surface area (Å²) >= 11 is 0. The van der Waals surface area contributed by atoms with E-state index < -0.39 is 10.8 Å². The van der Waals surface area contributed by atoms with E-state index >= 15 is 0 Å². The second kappa shape index (κ2) is 5.81. The van der Waals surface area contributed by atoms with Gasteiger partial charge in [-0.3, -0.25) is 4.21 Å². The molecule has 0 aromatic carbocycles. The first-order chi connectivity index (χ1) is 8.13. The van der Waals surface area contributed by atoms with Crippen LogP contribution in [0.5, 0.6) is 0 Å². The SMILES string of the molecule is CCC1CCC(N)C(S(=O)C2CCOC2C)C1. The van der Waals surface area contributed by atoms with Crippen LogP contribution in [0.4, 0.5) is 0 Å².